The second kappa shape index (κ2) is 5.51. The van der Waals surface area contributed by atoms with Crippen molar-refractivity contribution in [1.29, 1.82) is 0 Å². The summed E-state index contributed by atoms with van der Waals surface area (Å²) in [6, 6.07) is 16.0. The summed E-state index contributed by atoms with van der Waals surface area (Å²) in [4.78, 5) is 0. The molecule has 16 heavy (non-hydrogen) atoms. The Morgan fingerprint density at radius 1 is 0.875 bits per heavy atom. The molecule has 0 saturated heterocycles. The van der Waals surface area contributed by atoms with Gasteiger partial charge in [-0.1, -0.05) is 30.3 Å². The molecule has 0 aliphatic rings. The van der Waals surface area contributed by atoms with Gasteiger partial charge in [0.1, 0.15) is 12.4 Å². The van der Waals surface area contributed by atoms with Crippen LogP contribution in [0.2, 0.25) is 0 Å². The van der Waals surface area contributed by atoms with Crippen LogP contribution in [0.4, 0.5) is 0 Å². The van der Waals surface area contributed by atoms with E-state index in [9.17, 15) is 0 Å². The highest BCUT2D eigenvalue weighted by atomic mass is 79.9. The first-order valence-electron chi connectivity index (χ1n) is 4.87. The lowest BCUT2D eigenvalue weighted by molar-refractivity contribution is 0.306. The van der Waals surface area contributed by atoms with Crippen molar-refractivity contribution in [2.24, 2.45) is 0 Å². The fraction of sp³-hybridized carbons (Fsp3) is 0.0769. The molecule has 0 aliphatic heterocycles. The van der Waals surface area contributed by atoms with Gasteiger partial charge in [0.15, 0.2) is 0 Å². The van der Waals surface area contributed by atoms with E-state index in [2.05, 4.69) is 31.9 Å². The highest BCUT2D eigenvalue weighted by molar-refractivity contribution is 9.13. The molecule has 2 aromatic rings. The molecule has 0 spiro atoms. The summed E-state index contributed by atoms with van der Waals surface area (Å²) in [7, 11) is 0. The molecule has 0 fully saturated rings. The number of hydrogen-bond donors (Lipinski definition) is 0. The number of benzene rings is 2. The van der Waals surface area contributed by atoms with Crippen molar-refractivity contribution in [2.45, 2.75) is 6.61 Å². The number of ether oxygens (including phenoxy) is 1. The van der Waals surface area contributed by atoms with Gasteiger partial charge in [-0.05, 0) is 55.6 Å². The molecule has 82 valence electrons. The Bertz CT molecular complexity index is 469. The van der Waals surface area contributed by atoms with E-state index in [1.165, 1.54) is 5.56 Å². The van der Waals surface area contributed by atoms with Crippen LogP contribution in [0.1, 0.15) is 5.56 Å². The van der Waals surface area contributed by atoms with Gasteiger partial charge in [0.25, 0.3) is 0 Å². The van der Waals surface area contributed by atoms with Crippen LogP contribution in [0.3, 0.4) is 0 Å². The summed E-state index contributed by atoms with van der Waals surface area (Å²) in [5, 5.41) is 0. The lowest BCUT2D eigenvalue weighted by Gasteiger charge is -2.07. The molecule has 2 aromatic carbocycles. The maximum Gasteiger partial charge on any atom is 0.121 e. The zero-order valence-electron chi connectivity index (χ0n) is 8.49. The second-order valence-electron chi connectivity index (χ2n) is 3.35. The third kappa shape index (κ3) is 3.09. The van der Waals surface area contributed by atoms with Crippen LogP contribution in [-0.2, 0) is 6.61 Å². The van der Waals surface area contributed by atoms with E-state index in [0.717, 1.165) is 14.7 Å². The van der Waals surface area contributed by atoms with Crippen molar-refractivity contribution in [3.05, 3.63) is 63.0 Å². The van der Waals surface area contributed by atoms with Gasteiger partial charge < -0.3 is 4.74 Å². The summed E-state index contributed by atoms with van der Waals surface area (Å²) >= 11 is 6.87. The molecular formula is C13H10Br2O. The topological polar surface area (TPSA) is 9.23 Å². The Kier molecular flexibility index (Phi) is 4.02. The zero-order chi connectivity index (χ0) is 11.4. The van der Waals surface area contributed by atoms with E-state index < -0.39 is 0 Å². The number of halogens is 2. The van der Waals surface area contributed by atoms with E-state index in [1.807, 2.05) is 48.5 Å². The zero-order valence-corrected chi connectivity index (χ0v) is 11.7. The summed E-state index contributed by atoms with van der Waals surface area (Å²) in [6.07, 6.45) is 0. The monoisotopic (exact) mass is 340 g/mol. The summed E-state index contributed by atoms with van der Waals surface area (Å²) < 4.78 is 7.70. The van der Waals surface area contributed by atoms with Gasteiger partial charge in [-0.3, -0.25) is 0 Å². The molecule has 2 rings (SSSR count). The van der Waals surface area contributed by atoms with Crippen molar-refractivity contribution in [2.75, 3.05) is 0 Å². The van der Waals surface area contributed by atoms with Crippen LogP contribution in [0.15, 0.2) is 57.5 Å². The molecule has 0 aromatic heterocycles. The van der Waals surface area contributed by atoms with Crippen molar-refractivity contribution in [1.82, 2.24) is 0 Å². The fourth-order valence-electron chi connectivity index (χ4n) is 1.31. The first-order valence-corrected chi connectivity index (χ1v) is 6.46. The molecular weight excluding hydrogens is 332 g/mol. The Morgan fingerprint density at radius 2 is 1.62 bits per heavy atom. The molecule has 0 amide bonds. The maximum absolute atomic E-state index is 5.68. The van der Waals surface area contributed by atoms with Gasteiger partial charge in [-0.15, -0.1) is 0 Å². The Hall–Kier alpha value is -0.800. The van der Waals surface area contributed by atoms with Gasteiger partial charge in [-0.25, -0.2) is 0 Å². The van der Waals surface area contributed by atoms with Crippen LogP contribution in [0.25, 0.3) is 0 Å². The van der Waals surface area contributed by atoms with E-state index in [1.54, 1.807) is 0 Å². The number of rotatable bonds is 3. The van der Waals surface area contributed by atoms with Crippen LogP contribution in [-0.4, -0.2) is 0 Å². The second-order valence-corrected chi connectivity index (χ2v) is 5.06. The van der Waals surface area contributed by atoms with E-state index in [-0.39, 0.29) is 0 Å². The van der Waals surface area contributed by atoms with E-state index in [4.69, 9.17) is 4.74 Å². The van der Waals surface area contributed by atoms with Gasteiger partial charge in [0, 0.05) is 8.95 Å². The normalized spacial score (nSPS) is 10.1. The van der Waals surface area contributed by atoms with Crippen molar-refractivity contribution < 1.29 is 4.74 Å². The van der Waals surface area contributed by atoms with E-state index >= 15 is 0 Å². The van der Waals surface area contributed by atoms with Gasteiger partial charge in [0.05, 0.1) is 0 Å². The SMILES string of the molecule is Brc1ccc(OCc2ccccc2)cc1Br. The smallest absolute Gasteiger partial charge is 0.121 e. The largest absolute Gasteiger partial charge is 0.489 e. The van der Waals surface area contributed by atoms with Crippen LogP contribution >= 0.6 is 31.9 Å². The molecule has 0 atom stereocenters. The molecule has 0 saturated carbocycles. The quantitative estimate of drug-likeness (QED) is 0.779. The predicted octanol–water partition coefficient (Wildman–Crippen LogP) is 4.79. The summed E-state index contributed by atoms with van der Waals surface area (Å²) in [5.74, 6) is 0.860. The van der Waals surface area contributed by atoms with Gasteiger partial charge in [0.2, 0.25) is 0 Å². The molecule has 3 heteroatoms. The highest BCUT2D eigenvalue weighted by Crippen LogP contribution is 2.27. The number of hydrogen-bond acceptors (Lipinski definition) is 1. The average molecular weight is 342 g/mol. The lowest BCUT2D eigenvalue weighted by atomic mass is 10.2. The molecule has 0 N–H and O–H groups in total. The third-order valence-corrected chi connectivity index (χ3v) is 4.02. The predicted molar refractivity (Wildman–Crippen MR) is 72.6 cm³/mol. The Labute approximate surface area is 112 Å². The Morgan fingerprint density at radius 3 is 2.31 bits per heavy atom. The standard InChI is InChI=1S/C13H10Br2O/c14-12-7-6-11(8-13(12)15)16-9-10-4-2-1-3-5-10/h1-8H,9H2. The molecule has 0 bridgehead atoms. The third-order valence-electron chi connectivity index (χ3n) is 2.14. The lowest BCUT2D eigenvalue weighted by Crippen LogP contribution is -1.94. The van der Waals surface area contributed by atoms with Gasteiger partial charge >= 0.3 is 0 Å². The molecule has 0 unspecified atom stereocenters. The molecule has 0 radical (unpaired) electrons. The van der Waals surface area contributed by atoms with Crippen molar-refractivity contribution in [3.8, 4) is 5.75 Å². The van der Waals surface area contributed by atoms with Crippen LogP contribution in [0, 0.1) is 0 Å². The van der Waals surface area contributed by atoms with Crippen molar-refractivity contribution >= 4 is 31.9 Å². The molecule has 1 nitrogen and oxygen atoms in total. The van der Waals surface area contributed by atoms with Crippen molar-refractivity contribution in [3.63, 3.8) is 0 Å². The average Bonchev–Trinajstić information content (AvgIpc) is 2.32. The molecule has 0 heterocycles. The fourth-order valence-corrected chi connectivity index (χ4v) is 1.91. The summed E-state index contributed by atoms with van der Waals surface area (Å²) in [5.41, 5.74) is 1.17. The van der Waals surface area contributed by atoms with Crippen LogP contribution < -0.4 is 4.74 Å². The first-order chi connectivity index (χ1) is 7.75. The summed E-state index contributed by atoms with van der Waals surface area (Å²) in [6.45, 7) is 0.592. The minimum absolute atomic E-state index is 0.592. The van der Waals surface area contributed by atoms with E-state index in [0.29, 0.717) is 6.61 Å². The Balaban J connectivity index is 2.03. The minimum atomic E-state index is 0.592. The van der Waals surface area contributed by atoms with Gasteiger partial charge in [-0.2, -0.15) is 0 Å². The minimum Gasteiger partial charge on any atom is -0.489 e. The maximum atomic E-state index is 5.68. The van der Waals surface area contributed by atoms with Crippen LogP contribution in [0.5, 0.6) is 5.75 Å². The highest BCUT2D eigenvalue weighted by Gasteiger charge is 1.99. The first kappa shape index (κ1) is 11.7. The molecule has 0 aliphatic carbocycles.